The molecular formula is C16H18N2S. The molecule has 0 fully saturated rings. The van der Waals surface area contributed by atoms with E-state index in [0.29, 0.717) is 6.04 Å². The zero-order valence-electron chi connectivity index (χ0n) is 11.0. The molecule has 0 spiro atoms. The Morgan fingerprint density at radius 1 is 1.21 bits per heavy atom. The highest BCUT2D eigenvalue weighted by molar-refractivity contribution is 7.98. The predicted octanol–water partition coefficient (Wildman–Crippen LogP) is 3.72. The van der Waals surface area contributed by atoms with E-state index in [9.17, 15) is 0 Å². The van der Waals surface area contributed by atoms with Crippen LogP contribution in [-0.2, 0) is 5.75 Å². The first kappa shape index (κ1) is 12.7. The minimum Gasteiger partial charge on any atom is -0.301 e. The van der Waals surface area contributed by atoms with Crippen molar-refractivity contribution in [3.63, 3.8) is 0 Å². The van der Waals surface area contributed by atoms with Crippen molar-refractivity contribution in [2.75, 3.05) is 5.75 Å². The van der Waals surface area contributed by atoms with Gasteiger partial charge in [0.05, 0.1) is 5.69 Å². The second kappa shape index (κ2) is 5.76. The van der Waals surface area contributed by atoms with Crippen LogP contribution in [0.2, 0.25) is 0 Å². The van der Waals surface area contributed by atoms with Crippen molar-refractivity contribution in [2.24, 2.45) is 0 Å². The first-order chi connectivity index (χ1) is 9.34. The molecular weight excluding hydrogens is 252 g/mol. The molecule has 1 aromatic carbocycles. The first-order valence-corrected chi connectivity index (χ1v) is 7.82. The van der Waals surface area contributed by atoms with Gasteiger partial charge < -0.3 is 5.32 Å². The number of aromatic nitrogens is 1. The predicted molar refractivity (Wildman–Crippen MR) is 81.1 cm³/mol. The molecule has 1 unspecified atom stereocenters. The molecule has 2 aromatic rings. The summed E-state index contributed by atoms with van der Waals surface area (Å²) in [6.07, 6.45) is 1.86. The summed E-state index contributed by atoms with van der Waals surface area (Å²) in [6, 6.07) is 15.5. The van der Waals surface area contributed by atoms with Gasteiger partial charge in [-0.05, 0) is 30.2 Å². The fourth-order valence-electron chi connectivity index (χ4n) is 2.54. The van der Waals surface area contributed by atoms with Gasteiger partial charge in [0.25, 0.3) is 0 Å². The number of benzene rings is 1. The van der Waals surface area contributed by atoms with Crippen LogP contribution in [0.15, 0.2) is 48.7 Å². The van der Waals surface area contributed by atoms with Crippen LogP contribution in [0.3, 0.4) is 0 Å². The number of pyridine rings is 1. The van der Waals surface area contributed by atoms with Crippen LogP contribution in [0, 0.1) is 0 Å². The van der Waals surface area contributed by atoms with Crippen molar-refractivity contribution in [1.82, 2.24) is 10.3 Å². The highest BCUT2D eigenvalue weighted by Gasteiger charge is 2.22. The molecule has 3 rings (SSSR count). The van der Waals surface area contributed by atoms with Gasteiger partial charge in [0.1, 0.15) is 0 Å². The largest absolute Gasteiger partial charge is 0.301 e. The molecule has 19 heavy (non-hydrogen) atoms. The smallest absolute Gasteiger partial charge is 0.0570 e. The van der Waals surface area contributed by atoms with E-state index >= 15 is 0 Å². The van der Waals surface area contributed by atoms with Crippen LogP contribution in [0.1, 0.15) is 35.8 Å². The number of rotatable bonds is 3. The number of fused-ring (bicyclic) bond motifs is 1. The monoisotopic (exact) mass is 270 g/mol. The molecule has 1 N–H and O–H groups in total. The average Bonchev–Trinajstić information content (AvgIpc) is 2.48. The van der Waals surface area contributed by atoms with Crippen LogP contribution in [-0.4, -0.2) is 10.7 Å². The maximum Gasteiger partial charge on any atom is 0.0570 e. The van der Waals surface area contributed by atoms with Gasteiger partial charge in [0, 0.05) is 29.8 Å². The minimum atomic E-state index is 0.276. The topological polar surface area (TPSA) is 24.9 Å². The fourth-order valence-corrected chi connectivity index (χ4v) is 3.65. The lowest BCUT2D eigenvalue weighted by molar-refractivity contribution is 0.487. The number of hydrogen-bond acceptors (Lipinski definition) is 3. The van der Waals surface area contributed by atoms with E-state index < -0.39 is 0 Å². The Labute approximate surface area is 118 Å². The maximum atomic E-state index is 4.43. The van der Waals surface area contributed by atoms with Gasteiger partial charge >= 0.3 is 0 Å². The standard InChI is InChI=1S/C16H18N2S/c1-12(15-8-4-5-9-17-15)18-16-11-19-10-13-6-2-3-7-14(13)16/h2-9,12,16,18H,10-11H2,1H3/t12-,16?/m1/s1. The SMILES string of the molecule is C[C@@H](NC1CSCc2ccccc21)c1ccccn1. The van der Waals surface area contributed by atoms with E-state index in [1.54, 1.807) is 0 Å². The van der Waals surface area contributed by atoms with Crippen molar-refractivity contribution in [2.45, 2.75) is 24.8 Å². The van der Waals surface area contributed by atoms with Crippen LogP contribution in [0.4, 0.5) is 0 Å². The van der Waals surface area contributed by atoms with Crippen molar-refractivity contribution in [3.8, 4) is 0 Å². The third-order valence-electron chi connectivity index (χ3n) is 3.56. The molecule has 1 aromatic heterocycles. The molecule has 1 aliphatic heterocycles. The Hall–Kier alpha value is -1.32. The molecule has 0 saturated heterocycles. The van der Waals surface area contributed by atoms with Crippen molar-refractivity contribution in [3.05, 3.63) is 65.5 Å². The summed E-state index contributed by atoms with van der Waals surface area (Å²) in [6.45, 7) is 2.18. The molecule has 0 aliphatic carbocycles. The lowest BCUT2D eigenvalue weighted by atomic mass is 10.0. The molecule has 3 heteroatoms. The van der Waals surface area contributed by atoms with Gasteiger partial charge in [-0.3, -0.25) is 4.98 Å². The molecule has 0 bridgehead atoms. The average molecular weight is 270 g/mol. The van der Waals surface area contributed by atoms with Gasteiger partial charge in [-0.1, -0.05) is 30.3 Å². The molecule has 0 amide bonds. The van der Waals surface area contributed by atoms with E-state index in [1.165, 1.54) is 11.1 Å². The summed E-state index contributed by atoms with van der Waals surface area (Å²) in [7, 11) is 0. The molecule has 98 valence electrons. The maximum absolute atomic E-state index is 4.43. The Morgan fingerprint density at radius 2 is 2.05 bits per heavy atom. The van der Waals surface area contributed by atoms with E-state index in [0.717, 1.165) is 17.2 Å². The van der Waals surface area contributed by atoms with Crippen molar-refractivity contribution in [1.29, 1.82) is 0 Å². The number of thioether (sulfide) groups is 1. The Balaban J connectivity index is 1.78. The molecule has 1 aliphatic rings. The van der Waals surface area contributed by atoms with Crippen LogP contribution in [0.5, 0.6) is 0 Å². The summed E-state index contributed by atoms with van der Waals surface area (Å²) >= 11 is 2.00. The third kappa shape index (κ3) is 2.82. The third-order valence-corrected chi connectivity index (χ3v) is 4.64. The first-order valence-electron chi connectivity index (χ1n) is 6.67. The van der Waals surface area contributed by atoms with Crippen LogP contribution >= 0.6 is 11.8 Å². The summed E-state index contributed by atoms with van der Waals surface area (Å²) in [5, 5.41) is 3.71. The Kier molecular flexibility index (Phi) is 3.85. The highest BCUT2D eigenvalue weighted by atomic mass is 32.2. The van der Waals surface area contributed by atoms with Crippen molar-refractivity contribution >= 4 is 11.8 Å². The number of nitrogens with zero attached hydrogens (tertiary/aromatic N) is 1. The quantitative estimate of drug-likeness (QED) is 0.920. The summed E-state index contributed by atoms with van der Waals surface area (Å²) in [4.78, 5) is 4.43. The zero-order chi connectivity index (χ0) is 13.1. The number of nitrogens with one attached hydrogen (secondary N) is 1. The van der Waals surface area contributed by atoms with Gasteiger partial charge in [0.2, 0.25) is 0 Å². The second-order valence-corrected chi connectivity index (χ2v) is 5.94. The van der Waals surface area contributed by atoms with Crippen molar-refractivity contribution < 1.29 is 0 Å². The number of hydrogen-bond donors (Lipinski definition) is 1. The Bertz CT molecular complexity index is 541. The van der Waals surface area contributed by atoms with Crippen LogP contribution < -0.4 is 5.32 Å². The van der Waals surface area contributed by atoms with Crippen LogP contribution in [0.25, 0.3) is 0 Å². The zero-order valence-corrected chi connectivity index (χ0v) is 11.9. The lowest BCUT2D eigenvalue weighted by Gasteiger charge is -2.28. The minimum absolute atomic E-state index is 0.276. The van der Waals surface area contributed by atoms with Gasteiger partial charge in [-0.25, -0.2) is 0 Å². The lowest BCUT2D eigenvalue weighted by Crippen LogP contribution is -2.29. The summed E-state index contributed by atoms with van der Waals surface area (Å²) < 4.78 is 0. The van der Waals surface area contributed by atoms with Gasteiger partial charge in [-0.15, -0.1) is 0 Å². The second-order valence-electron chi connectivity index (χ2n) is 4.91. The fraction of sp³-hybridized carbons (Fsp3) is 0.312. The molecule has 0 saturated carbocycles. The van der Waals surface area contributed by atoms with E-state index in [2.05, 4.69) is 47.6 Å². The van der Waals surface area contributed by atoms with E-state index in [-0.39, 0.29) is 6.04 Å². The van der Waals surface area contributed by atoms with Gasteiger partial charge in [-0.2, -0.15) is 11.8 Å². The Morgan fingerprint density at radius 3 is 2.89 bits per heavy atom. The molecule has 0 radical (unpaired) electrons. The molecule has 2 atom stereocenters. The molecule has 2 nitrogen and oxygen atoms in total. The normalized spacial score (nSPS) is 19.7. The molecule has 2 heterocycles. The van der Waals surface area contributed by atoms with E-state index in [4.69, 9.17) is 0 Å². The van der Waals surface area contributed by atoms with E-state index in [1.807, 2.05) is 30.1 Å². The van der Waals surface area contributed by atoms with Gasteiger partial charge in [0.15, 0.2) is 0 Å². The summed E-state index contributed by atoms with van der Waals surface area (Å²) in [5.41, 5.74) is 4.02. The highest BCUT2D eigenvalue weighted by Crippen LogP contribution is 2.32. The summed E-state index contributed by atoms with van der Waals surface area (Å²) in [5.74, 6) is 2.26.